The van der Waals surface area contributed by atoms with Gasteiger partial charge in [0.25, 0.3) is 10.0 Å². The molecule has 0 unspecified atom stereocenters. The Morgan fingerprint density at radius 2 is 1.50 bits per heavy atom. The van der Waals surface area contributed by atoms with Gasteiger partial charge < -0.3 is 5.32 Å². The van der Waals surface area contributed by atoms with Crippen LogP contribution in [-0.4, -0.2) is 18.4 Å². The van der Waals surface area contributed by atoms with E-state index in [9.17, 15) is 8.42 Å². The van der Waals surface area contributed by atoms with E-state index in [4.69, 9.17) is 0 Å². The Balaban J connectivity index is 1.70. The van der Waals surface area contributed by atoms with E-state index in [0.717, 1.165) is 11.3 Å². The predicted octanol–water partition coefficient (Wildman–Crippen LogP) is 3.51. The minimum absolute atomic E-state index is 0.0776. The van der Waals surface area contributed by atoms with Crippen molar-refractivity contribution in [2.75, 3.05) is 10.0 Å². The number of hydrogen-bond acceptors (Lipinski definition) is 5. The largest absolute Gasteiger partial charge is 0.381 e. The second kappa shape index (κ2) is 7.53. The van der Waals surface area contributed by atoms with Crippen LogP contribution in [0, 0.1) is 13.8 Å². The number of sulfonamides is 1. The molecule has 6 nitrogen and oxygen atoms in total. The summed E-state index contributed by atoms with van der Waals surface area (Å²) in [5, 5.41) is 3.26. The van der Waals surface area contributed by atoms with E-state index in [1.807, 2.05) is 30.3 Å². The summed E-state index contributed by atoms with van der Waals surface area (Å²) in [4.78, 5) is 8.38. The minimum Gasteiger partial charge on any atom is -0.381 e. The molecule has 2 N–H and O–H groups in total. The maximum absolute atomic E-state index is 12.5. The highest BCUT2D eigenvalue weighted by molar-refractivity contribution is 7.92. The van der Waals surface area contributed by atoms with Crippen LogP contribution in [0.4, 0.5) is 11.6 Å². The molecule has 0 saturated carbocycles. The molecule has 7 heteroatoms. The first-order chi connectivity index (χ1) is 12.4. The molecule has 2 aromatic carbocycles. The average molecular weight is 368 g/mol. The molecule has 0 amide bonds. The Hall–Kier alpha value is -2.93. The molecule has 0 fully saturated rings. The molecule has 134 valence electrons. The van der Waals surface area contributed by atoms with Crippen LogP contribution in [0.25, 0.3) is 0 Å². The van der Waals surface area contributed by atoms with Crippen LogP contribution in [-0.2, 0) is 16.6 Å². The third-order valence-electron chi connectivity index (χ3n) is 3.71. The topological polar surface area (TPSA) is 84.0 Å². The maximum Gasteiger partial charge on any atom is 0.264 e. The van der Waals surface area contributed by atoms with Crippen molar-refractivity contribution in [3.63, 3.8) is 0 Å². The van der Waals surface area contributed by atoms with E-state index >= 15 is 0 Å². The molecule has 1 heterocycles. The number of benzene rings is 2. The van der Waals surface area contributed by atoms with Crippen molar-refractivity contribution in [2.24, 2.45) is 0 Å². The predicted molar refractivity (Wildman–Crippen MR) is 103 cm³/mol. The lowest BCUT2D eigenvalue weighted by atomic mass is 10.2. The van der Waals surface area contributed by atoms with E-state index in [1.165, 1.54) is 0 Å². The Labute approximate surface area is 153 Å². The summed E-state index contributed by atoms with van der Waals surface area (Å²) in [5.41, 5.74) is 3.40. The molecule has 0 bridgehead atoms. The van der Waals surface area contributed by atoms with Gasteiger partial charge in [-0.15, -0.1) is 0 Å². The fourth-order valence-corrected chi connectivity index (χ4v) is 3.45. The van der Waals surface area contributed by atoms with Crippen molar-refractivity contribution in [1.82, 2.24) is 9.97 Å². The Bertz CT molecular complexity index is 968. The molecule has 0 saturated heterocycles. The molecular weight excluding hydrogens is 348 g/mol. The van der Waals surface area contributed by atoms with Gasteiger partial charge in [0.15, 0.2) is 0 Å². The quantitative estimate of drug-likeness (QED) is 0.696. The highest BCUT2D eigenvalue weighted by Gasteiger charge is 2.16. The Morgan fingerprint density at radius 3 is 2.12 bits per heavy atom. The third-order valence-corrected chi connectivity index (χ3v) is 5.06. The summed E-state index contributed by atoms with van der Waals surface area (Å²) < 4.78 is 27.4. The monoisotopic (exact) mass is 368 g/mol. The smallest absolute Gasteiger partial charge is 0.264 e. The van der Waals surface area contributed by atoms with Crippen molar-refractivity contribution in [1.29, 1.82) is 0 Å². The normalized spacial score (nSPS) is 11.2. The van der Waals surface area contributed by atoms with Crippen LogP contribution in [0.2, 0.25) is 0 Å². The van der Waals surface area contributed by atoms with Gasteiger partial charge in [-0.2, -0.15) is 0 Å². The fourth-order valence-electron chi connectivity index (χ4n) is 2.50. The highest BCUT2D eigenvalue weighted by atomic mass is 32.2. The summed E-state index contributed by atoms with van der Waals surface area (Å²) >= 11 is 0. The van der Waals surface area contributed by atoms with E-state index in [-0.39, 0.29) is 10.8 Å². The summed E-state index contributed by atoms with van der Waals surface area (Å²) in [6.07, 6.45) is 0. The van der Waals surface area contributed by atoms with Gasteiger partial charge in [0.05, 0.1) is 4.90 Å². The van der Waals surface area contributed by atoms with Crippen molar-refractivity contribution >= 4 is 21.7 Å². The molecule has 0 radical (unpaired) electrons. The van der Waals surface area contributed by atoms with E-state index in [1.54, 1.807) is 44.2 Å². The van der Waals surface area contributed by atoms with Crippen LogP contribution in [0.3, 0.4) is 0 Å². The number of anilines is 2. The lowest BCUT2D eigenvalue weighted by Crippen LogP contribution is -2.15. The molecule has 0 aliphatic carbocycles. The van der Waals surface area contributed by atoms with E-state index in [2.05, 4.69) is 20.0 Å². The fraction of sp³-hybridized carbons (Fsp3) is 0.158. The first kappa shape index (κ1) is 17.9. The molecule has 0 aliphatic rings. The number of nitrogens with zero attached hydrogens (tertiary/aromatic N) is 2. The minimum atomic E-state index is -3.73. The molecule has 0 spiro atoms. The number of aryl methyl sites for hydroxylation is 2. The molecule has 3 rings (SSSR count). The van der Waals surface area contributed by atoms with Gasteiger partial charge in [0.1, 0.15) is 0 Å². The summed E-state index contributed by atoms with van der Waals surface area (Å²) in [6.45, 7) is 4.25. The van der Waals surface area contributed by atoms with Crippen LogP contribution >= 0.6 is 0 Å². The molecule has 0 atom stereocenters. The molecule has 1 aromatic heterocycles. The lowest BCUT2D eigenvalue weighted by Gasteiger charge is -2.10. The van der Waals surface area contributed by atoms with Gasteiger partial charge in [-0.3, -0.25) is 0 Å². The lowest BCUT2D eigenvalue weighted by molar-refractivity contribution is 0.601. The second-order valence-electron chi connectivity index (χ2n) is 5.94. The molecule has 0 aliphatic heterocycles. The van der Waals surface area contributed by atoms with E-state index in [0.29, 0.717) is 17.9 Å². The first-order valence-corrected chi connectivity index (χ1v) is 9.64. The zero-order valence-electron chi connectivity index (χ0n) is 14.6. The summed E-state index contributed by atoms with van der Waals surface area (Å²) in [5.74, 6) is 0.0776. The Morgan fingerprint density at radius 1 is 0.885 bits per heavy atom. The maximum atomic E-state index is 12.5. The summed E-state index contributed by atoms with van der Waals surface area (Å²) in [7, 11) is -3.73. The molecule has 26 heavy (non-hydrogen) atoms. The molecule has 3 aromatic rings. The third kappa shape index (κ3) is 4.58. The number of nitrogens with one attached hydrogen (secondary N) is 2. The van der Waals surface area contributed by atoms with Crippen LogP contribution in [0.15, 0.2) is 65.6 Å². The summed E-state index contributed by atoms with van der Waals surface area (Å²) in [6, 6.07) is 18.3. The van der Waals surface area contributed by atoms with Crippen molar-refractivity contribution in [3.05, 3.63) is 77.6 Å². The zero-order valence-corrected chi connectivity index (χ0v) is 15.4. The van der Waals surface area contributed by atoms with Crippen molar-refractivity contribution in [2.45, 2.75) is 25.3 Å². The van der Waals surface area contributed by atoms with Crippen molar-refractivity contribution < 1.29 is 8.42 Å². The van der Waals surface area contributed by atoms with Gasteiger partial charge in [-0.1, -0.05) is 30.3 Å². The van der Waals surface area contributed by atoms with Gasteiger partial charge in [0.2, 0.25) is 5.95 Å². The van der Waals surface area contributed by atoms with Gasteiger partial charge in [0, 0.05) is 23.6 Å². The van der Waals surface area contributed by atoms with Crippen LogP contribution in [0.1, 0.15) is 17.0 Å². The SMILES string of the molecule is Cc1cc(C)nc(NS(=O)(=O)c2ccc(NCc3ccccc3)cc2)n1. The highest BCUT2D eigenvalue weighted by Crippen LogP contribution is 2.17. The van der Waals surface area contributed by atoms with E-state index < -0.39 is 10.0 Å². The number of hydrogen-bond donors (Lipinski definition) is 2. The standard InChI is InChI=1S/C19H20N4O2S/c1-14-12-15(2)22-19(21-14)23-26(24,25)18-10-8-17(9-11-18)20-13-16-6-4-3-5-7-16/h3-12,20H,13H2,1-2H3,(H,21,22,23). The average Bonchev–Trinajstić information content (AvgIpc) is 2.60. The van der Waals surface area contributed by atoms with Gasteiger partial charge in [-0.25, -0.2) is 23.1 Å². The van der Waals surface area contributed by atoms with Crippen molar-refractivity contribution in [3.8, 4) is 0 Å². The zero-order chi connectivity index (χ0) is 18.6. The molecular formula is C19H20N4O2S. The van der Waals surface area contributed by atoms with Gasteiger partial charge >= 0.3 is 0 Å². The van der Waals surface area contributed by atoms with Crippen LogP contribution in [0.5, 0.6) is 0 Å². The number of rotatable bonds is 6. The second-order valence-corrected chi connectivity index (χ2v) is 7.63. The number of aromatic nitrogens is 2. The van der Waals surface area contributed by atoms with Crippen LogP contribution < -0.4 is 10.0 Å². The Kier molecular flexibility index (Phi) is 5.18. The van der Waals surface area contributed by atoms with Gasteiger partial charge in [-0.05, 0) is 49.7 Å². The first-order valence-electron chi connectivity index (χ1n) is 8.15.